The van der Waals surface area contributed by atoms with E-state index >= 15 is 0 Å². The Morgan fingerprint density at radius 1 is 0.625 bits per heavy atom. The third kappa shape index (κ3) is 10.7. The summed E-state index contributed by atoms with van der Waals surface area (Å²) < 4.78 is 65.8. The van der Waals surface area contributed by atoms with Gasteiger partial charge in [-0.2, -0.15) is 9.13 Å². The first-order chi connectivity index (χ1) is 11.2. The summed E-state index contributed by atoms with van der Waals surface area (Å²) in [6.45, 7) is 2.02. The molecule has 0 saturated carbocycles. The van der Waals surface area contributed by atoms with Crippen molar-refractivity contribution in [1.82, 2.24) is 0 Å². The van der Waals surface area contributed by atoms with Gasteiger partial charge < -0.3 is 9.11 Å². The molecule has 0 N–H and O–H groups in total. The van der Waals surface area contributed by atoms with Crippen LogP contribution >= 0.6 is 0 Å². The monoisotopic (exact) mass is 378 g/mol. The maximum Gasteiger partial charge on any atom is 0.246 e. The number of hydrogen-bond acceptors (Lipinski definition) is 8. The highest BCUT2D eigenvalue weighted by molar-refractivity contribution is 7.83. The van der Waals surface area contributed by atoms with Crippen molar-refractivity contribution >= 4 is 20.8 Å². The minimum Gasteiger partial charge on any atom is -0.724 e. The Balaban J connectivity index is 0.000000257. The zero-order valence-electron chi connectivity index (χ0n) is 12.2. The molecule has 2 aromatic heterocycles. The molecule has 0 spiro atoms. The summed E-state index contributed by atoms with van der Waals surface area (Å²) in [7, 11) is -10.6. The average molecular weight is 378 g/mol. The molecule has 2 aromatic rings. The molecule has 0 aliphatic heterocycles. The van der Waals surface area contributed by atoms with E-state index in [-0.39, 0.29) is 0 Å². The van der Waals surface area contributed by atoms with Crippen molar-refractivity contribution in [1.29, 1.82) is 0 Å². The van der Waals surface area contributed by atoms with Gasteiger partial charge in [-0.25, -0.2) is 16.8 Å². The van der Waals surface area contributed by atoms with Crippen molar-refractivity contribution in [3.63, 3.8) is 0 Å². The standard InChI is InChI=1S/C12H14N2.H2O8S2/c1-3-7-13(8-4-1)11-12-14-9-5-2-6-10-14;1-9(2,3)7-8-10(4,5)6/h1-10H,11-12H2;(H,1,2,3)(H,4,5,6)/q+2;/p-2. The maximum atomic E-state index is 9.37. The smallest absolute Gasteiger partial charge is 0.246 e. The van der Waals surface area contributed by atoms with Gasteiger partial charge >= 0.3 is 0 Å². The van der Waals surface area contributed by atoms with Gasteiger partial charge in [-0.3, -0.25) is 0 Å². The summed E-state index contributed by atoms with van der Waals surface area (Å²) in [5.41, 5.74) is 0. The number of hydrogen-bond donors (Lipinski definition) is 0. The van der Waals surface area contributed by atoms with Crippen molar-refractivity contribution in [3.8, 4) is 0 Å². The van der Waals surface area contributed by atoms with Gasteiger partial charge in [0.2, 0.25) is 33.9 Å². The summed E-state index contributed by atoms with van der Waals surface area (Å²) >= 11 is 0. The summed E-state index contributed by atoms with van der Waals surface area (Å²) in [6, 6.07) is 12.3. The first-order valence-corrected chi connectivity index (χ1v) is 9.00. The van der Waals surface area contributed by atoms with Crippen molar-refractivity contribution in [2.24, 2.45) is 0 Å². The maximum absolute atomic E-state index is 9.37. The van der Waals surface area contributed by atoms with Crippen molar-refractivity contribution in [2.45, 2.75) is 13.1 Å². The number of pyridine rings is 2. The molecule has 12 heteroatoms. The number of aryl methyl sites for hydroxylation is 2. The van der Waals surface area contributed by atoms with Crippen LogP contribution in [0.2, 0.25) is 0 Å². The second-order valence-corrected chi connectivity index (χ2v) is 6.08. The molecule has 24 heavy (non-hydrogen) atoms. The van der Waals surface area contributed by atoms with E-state index in [0.29, 0.717) is 0 Å². The third-order valence-corrected chi connectivity index (χ3v) is 2.92. The lowest BCUT2D eigenvalue weighted by Gasteiger charge is -2.07. The number of aromatic nitrogens is 2. The van der Waals surface area contributed by atoms with Crippen LogP contribution in [0.4, 0.5) is 0 Å². The fraction of sp³-hybridized carbons (Fsp3) is 0.167. The normalized spacial score (nSPS) is 11.4. The second-order valence-electron chi connectivity index (χ2n) is 4.18. The Morgan fingerprint density at radius 3 is 1.17 bits per heavy atom. The van der Waals surface area contributed by atoms with E-state index in [1.807, 2.05) is 12.1 Å². The van der Waals surface area contributed by atoms with Gasteiger partial charge in [-0.1, -0.05) is 12.1 Å². The van der Waals surface area contributed by atoms with E-state index in [1.165, 1.54) is 0 Å². The number of rotatable bonds is 6. The molecule has 0 aliphatic carbocycles. The van der Waals surface area contributed by atoms with E-state index in [1.54, 1.807) is 0 Å². The molecule has 2 heterocycles. The van der Waals surface area contributed by atoms with Gasteiger partial charge in [0, 0.05) is 24.3 Å². The van der Waals surface area contributed by atoms with Crippen LogP contribution in [-0.4, -0.2) is 25.9 Å². The fourth-order valence-corrected chi connectivity index (χ4v) is 2.01. The van der Waals surface area contributed by atoms with Gasteiger partial charge in [-0.05, 0) is 0 Å². The quantitative estimate of drug-likeness (QED) is 0.201. The molecule has 0 amide bonds. The minimum absolute atomic E-state index is 1.01. The summed E-state index contributed by atoms with van der Waals surface area (Å²) in [4.78, 5) is 0. The lowest BCUT2D eigenvalue weighted by Crippen LogP contribution is -2.43. The van der Waals surface area contributed by atoms with Gasteiger partial charge in [0.1, 0.15) is 0 Å². The molecule has 0 atom stereocenters. The Hall–Kier alpha value is -1.96. The summed E-state index contributed by atoms with van der Waals surface area (Å²) in [5, 5.41) is 0. The van der Waals surface area contributed by atoms with Crippen molar-refractivity contribution in [2.75, 3.05) is 0 Å². The average Bonchev–Trinajstić information content (AvgIpc) is 2.53. The molecule has 2 rings (SSSR count). The molecule has 0 unspecified atom stereocenters. The Labute approximate surface area is 139 Å². The van der Waals surface area contributed by atoms with E-state index < -0.39 is 20.8 Å². The second kappa shape index (κ2) is 9.36. The lowest BCUT2D eigenvalue weighted by atomic mass is 10.4. The fourth-order valence-electron chi connectivity index (χ4n) is 1.47. The Kier molecular flexibility index (Phi) is 7.84. The molecule has 10 nitrogen and oxygen atoms in total. The van der Waals surface area contributed by atoms with Crippen LogP contribution < -0.4 is 9.13 Å². The summed E-state index contributed by atoms with van der Waals surface area (Å²) in [5.74, 6) is 0. The number of nitrogens with zero attached hydrogens (tertiary/aromatic N) is 2. The van der Waals surface area contributed by atoms with Gasteiger partial charge in [-0.15, -0.1) is 8.67 Å². The topological polar surface area (TPSA) is 141 Å². The molecule has 132 valence electrons. The zero-order valence-corrected chi connectivity index (χ0v) is 13.8. The van der Waals surface area contributed by atoms with Crippen molar-refractivity contribution in [3.05, 3.63) is 61.2 Å². The first kappa shape index (κ1) is 20.1. The molecule has 0 radical (unpaired) electrons. The lowest BCUT2D eigenvalue weighted by molar-refractivity contribution is -0.778. The van der Waals surface area contributed by atoms with Crippen LogP contribution in [0.15, 0.2) is 61.2 Å². The Bertz CT molecular complexity index is 739. The molecule has 0 bridgehead atoms. The Morgan fingerprint density at radius 2 is 0.917 bits per heavy atom. The van der Waals surface area contributed by atoms with Crippen LogP contribution in [0.25, 0.3) is 0 Å². The van der Waals surface area contributed by atoms with Gasteiger partial charge in [0.15, 0.2) is 24.8 Å². The predicted octanol–water partition coefficient (Wildman–Crippen LogP) is -1.18. The van der Waals surface area contributed by atoms with Crippen molar-refractivity contribution < 1.29 is 43.7 Å². The molecule has 0 aliphatic rings. The van der Waals surface area contributed by atoms with Crippen LogP contribution in [0, 0.1) is 0 Å². The van der Waals surface area contributed by atoms with Gasteiger partial charge in [0.25, 0.3) is 0 Å². The SMILES string of the molecule is O=S(=O)([O-])OOS(=O)(=O)[O-].c1cc[n+](CC[n+]2ccccc2)cc1. The molecule has 0 saturated heterocycles. The zero-order chi connectivity index (χ0) is 18.1. The van der Waals surface area contributed by atoms with E-state index in [0.717, 1.165) is 13.1 Å². The highest BCUT2D eigenvalue weighted by Gasteiger charge is 2.03. The largest absolute Gasteiger partial charge is 0.724 e. The van der Waals surface area contributed by atoms with Crippen LogP contribution in [0.3, 0.4) is 0 Å². The summed E-state index contributed by atoms with van der Waals surface area (Å²) in [6.07, 6.45) is 8.35. The molecule has 0 aromatic carbocycles. The van der Waals surface area contributed by atoms with Crippen LogP contribution in [0.1, 0.15) is 0 Å². The van der Waals surface area contributed by atoms with Gasteiger partial charge in [0.05, 0.1) is 0 Å². The van der Waals surface area contributed by atoms with Crippen LogP contribution in [0.5, 0.6) is 0 Å². The predicted molar refractivity (Wildman–Crippen MR) is 74.8 cm³/mol. The highest BCUT2D eigenvalue weighted by atomic mass is 32.3. The van der Waals surface area contributed by atoms with E-state index in [2.05, 4.69) is 66.9 Å². The third-order valence-electron chi connectivity index (χ3n) is 2.37. The molecule has 0 fully saturated rings. The van der Waals surface area contributed by atoms with E-state index in [4.69, 9.17) is 0 Å². The van der Waals surface area contributed by atoms with Crippen LogP contribution in [-0.2, 0) is 42.6 Å². The highest BCUT2D eigenvalue weighted by Crippen LogP contribution is 1.92. The van der Waals surface area contributed by atoms with E-state index in [9.17, 15) is 25.9 Å². The minimum atomic E-state index is -5.31. The molecular formula is C12H14N2O8S2. The first-order valence-electron chi connectivity index (χ1n) is 6.33. The molecular weight excluding hydrogens is 364 g/mol.